The predicted octanol–water partition coefficient (Wildman–Crippen LogP) is 2.05. The van der Waals surface area contributed by atoms with Crippen LogP contribution in [-0.2, 0) is 5.11 Å². The van der Waals surface area contributed by atoms with Crippen LogP contribution in [0.5, 0.6) is 0 Å². The zero-order valence-electron chi connectivity index (χ0n) is 4.63. The van der Waals surface area contributed by atoms with Crippen molar-refractivity contribution in [1.82, 2.24) is 0 Å². The highest BCUT2D eigenvalue weighted by Gasteiger charge is 2.55. The van der Waals surface area contributed by atoms with Crippen LogP contribution in [0.3, 0.4) is 0 Å². The molecule has 1 radical (unpaired) electrons. The second kappa shape index (κ2) is 2.13. The lowest BCUT2D eigenvalue weighted by Gasteiger charge is -2.16. The highest BCUT2D eigenvalue weighted by atomic mass is 19.4. The van der Waals surface area contributed by atoms with Crippen LogP contribution in [0.2, 0.25) is 0 Å². The van der Waals surface area contributed by atoms with Gasteiger partial charge in [0.15, 0.2) is 0 Å². The topological polar surface area (TPSA) is 19.9 Å². The van der Waals surface area contributed by atoms with Crippen LogP contribution in [0, 0.1) is 0 Å². The lowest BCUT2D eigenvalue weighted by atomic mass is 10.2. The summed E-state index contributed by atoms with van der Waals surface area (Å²) in [5.41, 5.74) is 0. The second-order valence-electron chi connectivity index (χ2n) is 1.58. The molecule has 0 aliphatic carbocycles. The maximum absolute atomic E-state index is 11.6. The van der Waals surface area contributed by atoms with Gasteiger partial charge in [0.25, 0.3) is 0 Å². The minimum absolute atomic E-state index is 0.848. The standard InChI is InChI=1S/C4H5F4O/c1-2-3(5,9)4(6,7)8/h2H2,1H3. The van der Waals surface area contributed by atoms with Gasteiger partial charge in [-0.3, -0.25) is 0 Å². The van der Waals surface area contributed by atoms with Gasteiger partial charge in [-0.1, -0.05) is 6.92 Å². The molecule has 0 saturated carbocycles. The van der Waals surface area contributed by atoms with Crippen molar-refractivity contribution in [3.63, 3.8) is 0 Å². The highest BCUT2D eigenvalue weighted by Crippen LogP contribution is 2.34. The van der Waals surface area contributed by atoms with Crippen molar-refractivity contribution in [3.8, 4) is 0 Å². The normalized spacial score (nSPS) is 19.3. The van der Waals surface area contributed by atoms with E-state index in [-0.39, 0.29) is 0 Å². The Bertz CT molecular complexity index is 95.2. The number of alkyl halides is 4. The fourth-order valence-corrected chi connectivity index (χ4v) is 0.200. The summed E-state index contributed by atoms with van der Waals surface area (Å²) >= 11 is 0. The fourth-order valence-electron chi connectivity index (χ4n) is 0.200. The van der Waals surface area contributed by atoms with Crippen molar-refractivity contribution in [2.24, 2.45) is 0 Å². The molecule has 0 spiro atoms. The minimum Gasteiger partial charge on any atom is -0.199 e. The molecule has 1 atom stereocenters. The SMILES string of the molecule is CCC([O])(F)C(F)(F)F. The molecule has 0 heterocycles. The van der Waals surface area contributed by atoms with Crippen molar-refractivity contribution in [2.75, 3.05) is 0 Å². The van der Waals surface area contributed by atoms with Crippen LogP contribution >= 0.6 is 0 Å². The van der Waals surface area contributed by atoms with Crippen LogP contribution < -0.4 is 0 Å². The van der Waals surface area contributed by atoms with E-state index in [9.17, 15) is 22.7 Å². The molecular formula is C4H5F4O. The van der Waals surface area contributed by atoms with Gasteiger partial charge in [-0.05, 0) is 0 Å². The van der Waals surface area contributed by atoms with Crippen LogP contribution in [0.1, 0.15) is 13.3 Å². The first-order valence-corrected chi connectivity index (χ1v) is 2.27. The number of hydrogen-bond donors (Lipinski definition) is 0. The summed E-state index contributed by atoms with van der Waals surface area (Å²) in [6.07, 6.45) is -6.36. The summed E-state index contributed by atoms with van der Waals surface area (Å²) in [7, 11) is 0. The van der Waals surface area contributed by atoms with E-state index >= 15 is 0 Å². The first kappa shape index (κ1) is 8.68. The largest absolute Gasteiger partial charge is 0.451 e. The van der Waals surface area contributed by atoms with E-state index in [4.69, 9.17) is 0 Å². The summed E-state index contributed by atoms with van der Waals surface area (Å²) in [5.74, 6) is -4.27. The van der Waals surface area contributed by atoms with Crippen molar-refractivity contribution in [3.05, 3.63) is 0 Å². The van der Waals surface area contributed by atoms with Gasteiger partial charge in [0.05, 0.1) is 0 Å². The van der Waals surface area contributed by atoms with Gasteiger partial charge in [-0.15, -0.1) is 0 Å². The average Bonchev–Trinajstić information content (AvgIpc) is 1.64. The van der Waals surface area contributed by atoms with Crippen LogP contribution in [0.15, 0.2) is 0 Å². The molecule has 0 saturated heterocycles. The average molecular weight is 145 g/mol. The maximum Gasteiger partial charge on any atom is 0.451 e. The Labute approximate surface area is 49.3 Å². The Kier molecular flexibility index (Phi) is 2.06. The Morgan fingerprint density at radius 3 is 1.56 bits per heavy atom. The van der Waals surface area contributed by atoms with Crippen molar-refractivity contribution >= 4 is 0 Å². The van der Waals surface area contributed by atoms with E-state index in [2.05, 4.69) is 0 Å². The zero-order chi connectivity index (χ0) is 7.71. The second-order valence-corrected chi connectivity index (χ2v) is 1.58. The molecule has 0 fully saturated rings. The van der Waals surface area contributed by atoms with Gasteiger partial charge >= 0.3 is 12.0 Å². The molecule has 0 rings (SSSR count). The zero-order valence-corrected chi connectivity index (χ0v) is 4.63. The summed E-state index contributed by atoms with van der Waals surface area (Å²) < 4.78 is 45.1. The van der Waals surface area contributed by atoms with Crippen LogP contribution in [0.25, 0.3) is 0 Å². The minimum atomic E-state index is -5.28. The molecule has 5 heteroatoms. The van der Waals surface area contributed by atoms with Gasteiger partial charge in [0, 0.05) is 6.42 Å². The van der Waals surface area contributed by atoms with Gasteiger partial charge in [0.1, 0.15) is 0 Å². The first-order valence-electron chi connectivity index (χ1n) is 2.27. The monoisotopic (exact) mass is 145 g/mol. The number of hydrogen-bond acceptors (Lipinski definition) is 0. The van der Waals surface area contributed by atoms with Crippen molar-refractivity contribution in [1.29, 1.82) is 0 Å². The van der Waals surface area contributed by atoms with E-state index in [0.717, 1.165) is 6.92 Å². The molecule has 0 aromatic heterocycles. The lowest BCUT2D eigenvalue weighted by Crippen LogP contribution is -2.38. The third kappa shape index (κ3) is 1.82. The molecule has 55 valence electrons. The Morgan fingerprint density at radius 1 is 1.22 bits per heavy atom. The third-order valence-electron chi connectivity index (χ3n) is 0.878. The molecular weight excluding hydrogens is 140 g/mol. The number of rotatable bonds is 1. The van der Waals surface area contributed by atoms with Gasteiger partial charge in [-0.2, -0.15) is 22.7 Å². The predicted molar refractivity (Wildman–Crippen MR) is 20.9 cm³/mol. The Balaban J connectivity index is 4.14. The van der Waals surface area contributed by atoms with Crippen LogP contribution in [-0.4, -0.2) is 12.0 Å². The summed E-state index contributed by atoms with van der Waals surface area (Å²) in [6, 6.07) is 0. The Hall–Kier alpha value is -0.320. The van der Waals surface area contributed by atoms with Gasteiger partial charge in [-0.25, -0.2) is 0 Å². The first-order chi connectivity index (χ1) is 3.81. The molecule has 0 aromatic rings. The van der Waals surface area contributed by atoms with E-state index in [1.54, 1.807) is 0 Å². The highest BCUT2D eigenvalue weighted by molar-refractivity contribution is 4.71. The molecule has 0 aliphatic heterocycles. The van der Waals surface area contributed by atoms with Crippen LogP contribution in [0.4, 0.5) is 17.6 Å². The van der Waals surface area contributed by atoms with E-state index in [1.807, 2.05) is 0 Å². The third-order valence-corrected chi connectivity index (χ3v) is 0.878. The fraction of sp³-hybridized carbons (Fsp3) is 1.00. The maximum atomic E-state index is 11.6. The molecule has 0 N–H and O–H groups in total. The molecule has 9 heavy (non-hydrogen) atoms. The van der Waals surface area contributed by atoms with Crippen molar-refractivity contribution < 1.29 is 22.7 Å². The Morgan fingerprint density at radius 2 is 1.56 bits per heavy atom. The molecule has 0 amide bonds. The summed E-state index contributed by atoms with van der Waals surface area (Å²) in [6.45, 7) is 0.848. The van der Waals surface area contributed by atoms with Gasteiger partial charge < -0.3 is 0 Å². The van der Waals surface area contributed by atoms with E-state index < -0.39 is 18.5 Å². The van der Waals surface area contributed by atoms with Crippen molar-refractivity contribution in [2.45, 2.75) is 25.4 Å². The van der Waals surface area contributed by atoms with E-state index in [1.165, 1.54) is 0 Å². The smallest absolute Gasteiger partial charge is 0.199 e. The quantitative estimate of drug-likeness (QED) is 0.503. The molecule has 0 aliphatic rings. The molecule has 0 aromatic carbocycles. The lowest BCUT2D eigenvalue weighted by molar-refractivity contribution is -0.338. The van der Waals surface area contributed by atoms with Gasteiger partial charge in [0.2, 0.25) is 0 Å². The molecule has 1 nitrogen and oxygen atoms in total. The summed E-state index contributed by atoms with van der Waals surface area (Å²) in [5, 5.41) is 9.70. The summed E-state index contributed by atoms with van der Waals surface area (Å²) in [4.78, 5) is 0. The number of halogens is 4. The molecule has 1 unspecified atom stereocenters. The molecule has 0 bridgehead atoms. The van der Waals surface area contributed by atoms with E-state index in [0.29, 0.717) is 0 Å².